The van der Waals surface area contributed by atoms with Crippen molar-refractivity contribution in [1.82, 2.24) is 8.86 Å². The molecule has 0 atom stereocenters. The summed E-state index contributed by atoms with van der Waals surface area (Å²) in [5.74, 6) is -1.70. The lowest BCUT2D eigenvalue weighted by Gasteiger charge is -2.08. The molecule has 0 fully saturated rings. The average molecular weight is 451 g/mol. The van der Waals surface area contributed by atoms with Crippen LogP contribution in [0.1, 0.15) is 16.8 Å². The van der Waals surface area contributed by atoms with Crippen molar-refractivity contribution in [1.29, 1.82) is 0 Å². The molecule has 8 nitrogen and oxygen atoms in total. The van der Waals surface area contributed by atoms with Crippen LogP contribution in [0.2, 0.25) is 0 Å². The Kier molecular flexibility index (Phi) is 6.02. The Morgan fingerprint density at radius 3 is 2.62 bits per heavy atom. The summed E-state index contributed by atoms with van der Waals surface area (Å²) in [6.45, 7) is 1.54. The third-order valence-electron chi connectivity index (χ3n) is 5.09. The van der Waals surface area contributed by atoms with E-state index >= 15 is 0 Å². The van der Waals surface area contributed by atoms with Crippen LogP contribution in [0.5, 0.6) is 5.75 Å². The van der Waals surface area contributed by atoms with E-state index in [9.17, 15) is 19.8 Å². The van der Waals surface area contributed by atoms with Crippen LogP contribution >= 0.6 is 11.5 Å². The lowest BCUT2D eigenvalue weighted by Crippen LogP contribution is -2.18. The molecule has 0 aliphatic rings. The van der Waals surface area contributed by atoms with Crippen LogP contribution in [-0.4, -0.2) is 45.7 Å². The highest BCUT2D eigenvalue weighted by Gasteiger charge is 2.17. The van der Waals surface area contributed by atoms with Crippen LogP contribution in [0.3, 0.4) is 0 Å². The Hall–Kier alpha value is -3.56. The second-order valence-electron chi connectivity index (χ2n) is 7.68. The van der Waals surface area contributed by atoms with Crippen molar-refractivity contribution in [3.8, 4) is 5.75 Å². The van der Waals surface area contributed by atoms with Crippen molar-refractivity contribution in [3.63, 3.8) is 0 Å². The van der Waals surface area contributed by atoms with E-state index in [1.165, 1.54) is 17.6 Å². The van der Waals surface area contributed by atoms with Crippen molar-refractivity contribution in [2.24, 2.45) is 10.2 Å². The van der Waals surface area contributed by atoms with E-state index in [0.29, 0.717) is 28.4 Å². The first-order chi connectivity index (χ1) is 15.3. The normalized spacial score (nSPS) is 11.8. The number of aromatic nitrogens is 1. The average Bonchev–Trinajstić information content (AvgIpc) is 3.07. The monoisotopic (exact) mass is 450 g/mol. The molecule has 1 heterocycles. The number of rotatable bonds is 7. The maximum absolute atomic E-state index is 12.8. The molecule has 9 heteroatoms. The summed E-state index contributed by atoms with van der Waals surface area (Å²) in [6, 6.07) is 13.7. The molecule has 4 rings (SSSR count). The van der Waals surface area contributed by atoms with Crippen molar-refractivity contribution < 1.29 is 15.0 Å². The standard InChI is InChI=1S/C23H22N4O4S/c1-26(2)10-5-11-27-22(29)17-13-15(8-9-19(17)32-27)24-25-20-16-7-4-3-6-14(16)12-18(21(20)28)23(30)31/h3-4,6-9,12-13,28H,5,10-11H2,1-2H3,(H,30,31). The summed E-state index contributed by atoms with van der Waals surface area (Å²) in [4.78, 5) is 26.4. The highest BCUT2D eigenvalue weighted by molar-refractivity contribution is 7.13. The van der Waals surface area contributed by atoms with Crippen LogP contribution in [-0.2, 0) is 6.54 Å². The van der Waals surface area contributed by atoms with E-state index in [2.05, 4.69) is 15.1 Å². The minimum atomic E-state index is -1.25. The Morgan fingerprint density at radius 1 is 1.09 bits per heavy atom. The van der Waals surface area contributed by atoms with Gasteiger partial charge in [-0.1, -0.05) is 35.8 Å². The number of carboxylic acid groups (broad SMARTS) is 1. The van der Waals surface area contributed by atoms with Gasteiger partial charge in [-0.15, -0.1) is 5.11 Å². The lowest BCUT2D eigenvalue weighted by atomic mass is 10.0. The topological polar surface area (TPSA) is 107 Å². The first-order valence-electron chi connectivity index (χ1n) is 10.0. The van der Waals surface area contributed by atoms with Crippen molar-refractivity contribution in [3.05, 3.63) is 64.4 Å². The number of fused-ring (bicyclic) bond motifs is 2. The molecule has 0 amide bonds. The number of aryl methyl sites for hydroxylation is 1. The van der Waals surface area contributed by atoms with Gasteiger partial charge in [0.25, 0.3) is 5.56 Å². The number of nitrogens with zero attached hydrogens (tertiary/aromatic N) is 4. The number of aromatic hydroxyl groups is 1. The minimum absolute atomic E-state index is 0.0676. The fraction of sp³-hybridized carbons (Fsp3) is 0.217. The first kappa shape index (κ1) is 21.7. The number of hydrogen-bond donors (Lipinski definition) is 2. The van der Waals surface area contributed by atoms with Crippen LogP contribution in [0, 0.1) is 0 Å². The van der Waals surface area contributed by atoms with E-state index in [0.717, 1.165) is 17.7 Å². The van der Waals surface area contributed by atoms with Crippen molar-refractivity contribution >= 4 is 49.7 Å². The predicted molar refractivity (Wildman–Crippen MR) is 126 cm³/mol. The van der Waals surface area contributed by atoms with Crippen molar-refractivity contribution in [2.45, 2.75) is 13.0 Å². The summed E-state index contributed by atoms with van der Waals surface area (Å²) in [7, 11) is 4.00. The number of aromatic carboxylic acids is 1. The first-order valence-corrected chi connectivity index (χ1v) is 10.8. The molecule has 0 unspecified atom stereocenters. The van der Waals surface area contributed by atoms with Gasteiger partial charge in [0.1, 0.15) is 11.3 Å². The molecule has 0 aliphatic carbocycles. The fourth-order valence-electron chi connectivity index (χ4n) is 3.49. The van der Waals surface area contributed by atoms with Gasteiger partial charge < -0.3 is 15.1 Å². The second-order valence-corrected chi connectivity index (χ2v) is 8.75. The summed E-state index contributed by atoms with van der Waals surface area (Å²) < 4.78 is 2.60. The number of hydrogen-bond acceptors (Lipinski definition) is 7. The molecule has 0 saturated heterocycles. The molecule has 32 heavy (non-hydrogen) atoms. The molecule has 1 aromatic heterocycles. The molecule has 3 aromatic carbocycles. The summed E-state index contributed by atoms with van der Waals surface area (Å²) in [5.41, 5.74) is 0.206. The van der Waals surface area contributed by atoms with Crippen molar-refractivity contribution in [2.75, 3.05) is 20.6 Å². The summed E-state index contributed by atoms with van der Waals surface area (Å²) in [6.07, 6.45) is 0.874. The Balaban J connectivity index is 1.71. The van der Waals surface area contributed by atoms with E-state index in [1.54, 1.807) is 40.4 Å². The van der Waals surface area contributed by atoms with Crippen LogP contribution in [0.4, 0.5) is 11.4 Å². The fourth-order valence-corrected chi connectivity index (χ4v) is 4.50. The van der Waals surface area contributed by atoms with E-state index in [-0.39, 0.29) is 16.8 Å². The lowest BCUT2D eigenvalue weighted by molar-refractivity contribution is 0.0694. The van der Waals surface area contributed by atoms with Gasteiger partial charge in [0.15, 0.2) is 5.75 Å². The molecule has 4 aromatic rings. The Bertz CT molecular complexity index is 1400. The van der Waals surface area contributed by atoms with Gasteiger partial charge in [0.2, 0.25) is 0 Å². The quantitative estimate of drug-likeness (QED) is 0.386. The van der Waals surface area contributed by atoms with Gasteiger partial charge >= 0.3 is 5.97 Å². The Morgan fingerprint density at radius 2 is 1.88 bits per heavy atom. The van der Waals surface area contributed by atoms with Gasteiger partial charge in [0, 0.05) is 11.9 Å². The van der Waals surface area contributed by atoms with Gasteiger partial charge in [-0.3, -0.25) is 8.75 Å². The zero-order valence-electron chi connectivity index (χ0n) is 17.6. The maximum atomic E-state index is 12.8. The predicted octanol–water partition coefficient (Wildman–Crippen LogP) is 4.99. The van der Waals surface area contributed by atoms with E-state index in [4.69, 9.17) is 0 Å². The van der Waals surface area contributed by atoms with E-state index in [1.807, 2.05) is 20.2 Å². The smallest absolute Gasteiger partial charge is 0.339 e. The minimum Gasteiger partial charge on any atom is -0.505 e. The van der Waals surface area contributed by atoms with Crippen LogP contribution in [0.15, 0.2) is 63.6 Å². The molecule has 164 valence electrons. The second kappa shape index (κ2) is 8.89. The molecular formula is C23H22N4O4S. The van der Waals surface area contributed by atoms with Crippen LogP contribution < -0.4 is 5.56 Å². The third-order valence-corrected chi connectivity index (χ3v) is 6.21. The van der Waals surface area contributed by atoms with Gasteiger partial charge in [-0.05, 0) is 56.7 Å². The SMILES string of the molecule is CN(C)CCCn1sc2ccc(N=Nc3c(O)c(C(=O)O)cc4ccccc34)cc2c1=O. The van der Waals surface area contributed by atoms with E-state index < -0.39 is 11.7 Å². The largest absolute Gasteiger partial charge is 0.505 e. The third kappa shape index (κ3) is 4.25. The zero-order chi connectivity index (χ0) is 22.8. The molecule has 0 radical (unpaired) electrons. The number of carboxylic acids is 1. The molecular weight excluding hydrogens is 428 g/mol. The highest BCUT2D eigenvalue weighted by Crippen LogP contribution is 2.39. The Labute approximate surface area is 187 Å². The molecule has 0 saturated carbocycles. The highest BCUT2D eigenvalue weighted by atomic mass is 32.1. The van der Waals surface area contributed by atoms with Gasteiger partial charge in [-0.25, -0.2) is 4.79 Å². The molecule has 0 bridgehead atoms. The van der Waals surface area contributed by atoms with Gasteiger partial charge in [-0.2, -0.15) is 5.11 Å². The number of benzene rings is 3. The number of phenols is 1. The summed E-state index contributed by atoms with van der Waals surface area (Å²) >= 11 is 1.42. The van der Waals surface area contributed by atoms with Crippen LogP contribution in [0.25, 0.3) is 20.9 Å². The zero-order valence-corrected chi connectivity index (χ0v) is 18.5. The molecule has 0 spiro atoms. The maximum Gasteiger partial charge on any atom is 0.339 e. The summed E-state index contributed by atoms with van der Waals surface area (Å²) in [5, 5.41) is 30.0. The molecule has 2 N–H and O–H groups in total. The number of carbonyl (C=O) groups is 1. The molecule has 0 aliphatic heterocycles. The van der Waals surface area contributed by atoms with Gasteiger partial charge in [0.05, 0.1) is 15.8 Å². The number of azo groups is 1.